The Hall–Kier alpha value is -2.89. The van der Waals surface area contributed by atoms with E-state index in [0.717, 1.165) is 5.56 Å². The van der Waals surface area contributed by atoms with Gasteiger partial charge in [-0.05, 0) is 35.7 Å². The van der Waals surface area contributed by atoms with Crippen molar-refractivity contribution in [1.29, 1.82) is 0 Å². The second-order valence-corrected chi connectivity index (χ2v) is 5.66. The van der Waals surface area contributed by atoms with Crippen LogP contribution in [-0.2, 0) is 22.6 Å². The maximum atomic E-state index is 13.4. The Morgan fingerprint density at radius 2 is 1.96 bits per heavy atom. The zero-order valence-corrected chi connectivity index (χ0v) is 12.8. The van der Waals surface area contributed by atoms with Crippen LogP contribution in [0.1, 0.15) is 11.1 Å². The molecule has 2 aromatic rings. The summed E-state index contributed by atoms with van der Waals surface area (Å²) in [5.41, 5.74) is 1.81. The van der Waals surface area contributed by atoms with Gasteiger partial charge in [0.2, 0.25) is 0 Å². The van der Waals surface area contributed by atoms with Crippen LogP contribution in [0.3, 0.4) is 0 Å². The first-order valence-electron chi connectivity index (χ1n) is 7.54. The van der Waals surface area contributed by atoms with E-state index in [4.69, 9.17) is 4.74 Å². The number of ether oxygens (including phenoxy) is 1. The third kappa shape index (κ3) is 3.37. The molecule has 0 fully saturated rings. The summed E-state index contributed by atoms with van der Waals surface area (Å²) in [4.78, 5) is 25.0. The van der Waals surface area contributed by atoms with Gasteiger partial charge in [-0.3, -0.25) is 9.69 Å². The summed E-state index contributed by atoms with van der Waals surface area (Å²) < 4.78 is 18.7. The number of carboxylic acids is 1. The van der Waals surface area contributed by atoms with Crippen molar-refractivity contribution < 1.29 is 23.8 Å². The molecule has 5 nitrogen and oxygen atoms in total. The van der Waals surface area contributed by atoms with Gasteiger partial charge < -0.3 is 9.84 Å². The van der Waals surface area contributed by atoms with E-state index in [1.807, 2.05) is 30.3 Å². The summed E-state index contributed by atoms with van der Waals surface area (Å²) in [7, 11) is 0. The standard InChI is InChI=1S/C18H16FNO4/c19-15-6-7-16-13(9-15)8-14(17(21)22)10-20(16)18(23)24-11-12-4-2-1-3-5-12/h1-7,9,14H,8,10-11H2,(H,21,22). The Bertz CT molecular complexity index is 763. The van der Waals surface area contributed by atoms with Gasteiger partial charge in [0, 0.05) is 6.54 Å². The summed E-state index contributed by atoms with van der Waals surface area (Å²) >= 11 is 0. The van der Waals surface area contributed by atoms with Crippen LogP contribution in [0, 0.1) is 11.7 Å². The van der Waals surface area contributed by atoms with Crippen molar-refractivity contribution in [3.63, 3.8) is 0 Å². The minimum absolute atomic E-state index is 0.00158. The summed E-state index contributed by atoms with van der Waals surface area (Å²) in [5, 5.41) is 9.27. The van der Waals surface area contributed by atoms with Crippen molar-refractivity contribution in [3.8, 4) is 0 Å². The van der Waals surface area contributed by atoms with Gasteiger partial charge in [-0.2, -0.15) is 0 Å². The second kappa shape index (κ2) is 6.70. The summed E-state index contributed by atoms with van der Waals surface area (Å²) in [6.07, 6.45) is -0.456. The first kappa shape index (κ1) is 16.0. The molecule has 0 saturated carbocycles. The molecule has 1 heterocycles. The lowest BCUT2D eigenvalue weighted by molar-refractivity contribution is -0.141. The van der Waals surface area contributed by atoms with Crippen molar-refractivity contribution in [2.45, 2.75) is 13.0 Å². The zero-order chi connectivity index (χ0) is 17.1. The average Bonchev–Trinajstić information content (AvgIpc) is 2.59. The van der Waals surface area contributed by atoms with E-state index in [-0.39, 0.29) is 19.6 Å². The zero-order valence-electron chi connectivity index (χ0n) is 12.8. The molecular formula is C18H16FNO4. The number of amides is 1. The Morgan fingerprint density at radius 1 is 1.21 bits per heavy atom. The SMILES string of the molecule is O=C(O)C1Cc2cc(F)ccc2N(C(=O)OCc2ccccc2)C1. The van der Waals surface area contributed by atoms with Gasteiger partial charge in [0.25, 0.3) is 0 Å². The number of carbonyl (C=O) groups excluding carboxylic acids is 1. The van der Waals surface area contributed by atoms with Crippen LogP contribution >= 0.6 is 0 Å². The Labute approximate surface area is 138 Å². The van der Waals surface area contributed by atoms with Crippen LogP contribution in [0.4, 0.5) is 14.9 Å². The molecule has 6 heteroatoms. The third-order valence-corrected chi connectivity index (χ3v) is 3.98. The lowest BCUT2D eigenvalue weighted by Crippen LogP contribution is -2.42. The highest BCUT2D eigenvalue weighted by atomic mass is 19.1. The largest absolute Gasteiger partial charge is 0.481 e. The van der Waals surface area contributed by atoms with E-state index >= 15 is 0 Å². The average molecular weight is 329 g/mol. The lowest BCUT2D eigenvalue weighted by atomic mass is 9.93. The van der Waals surface area contributed by atoms with Crippen LogP contribution < -0.4 is 4.90 Å². The van der Waals surface area contributed by atoms with Crippen LogP contribution in [0.2, 0.25) is 0 Å². The number of carboxylic acid groups (broad SMARTS) is 1. The molecule has 0 aliphatic carbocycles. The summed E-state index contributed by atoms with van der Waals surface area (Å²) in [6, 6.07) is 13.2. The molecular weight excluding hydrogens is 313 g/mol. The van der Waals surface area contributed by atoms with E-state index in [0.29, 0.717) is 11.3 Å². The van der Waals surface area contributed by atoms with Crippen molar-refractivity contribution >= 4 is 17.7 Å². The first-order valence-corrected chi connectivity index (χ1v) is 7.54. The molecule has 3 rings (SSSR count). The number of hydrogen-bond acceptors (Lipinski definition) is 3. The number of halogens is 1. The van der Waals surface area contributed by atoms with Gasteiger partial charge in [-0.15, -0.1) is 0 Å². The fourth-order valence-corrected chi connectivity index (χ4v) is 2.77. The highest BCUT2D eigenvalue weighted by molar-refractivity contribution is 5.91. The molecule has 0 spiro atoms. The van der Waals surface area contributed by atoms with Gasteiger partial charge in [0.15, 0.2) is 0 Å². The van der Waals surface area contributed by atoms with Gasteiger partial charge in [-0.1, -0.05) is 30.3 Å². The highest BCUT2D eigenvalue weighted by Gasteiger charge is 2.33. The van der Waals surface area contributed by atoms with Crippen molar-refractivity contribution in [3.05, 3.63) is 65.5 Å². The number of carbonyl (C=O) groups is 2. The third-order valence-electron chi connectivity index (χ3n) is 3.98. The number of benzene rings is 2. The van der Waals surface area contributed by atoms with E-state index in [1.165, 1.54) is 23.1 Å². The van der Waals surface area contributed by atoms with Crippen LogP contribution in [0.5, 0.6) is 0 Å². The number of fused-ring (bicyclic) bond motifs is 1. The molecule has 124 valence electrons. The maximum Gasteiger partial charge on any atom is 0.414 e. The molecule has 0 saturated heterocycles. The molecule has 0 radical (unpaired) electrons. The van der Waals surface area contributed by atoms with Crippen molar-refractivity contribution in [1.82, 2.24) is 0 Å². The lowest BCUT2D eigenvalue weighted by Gasteiger charge is -2.32. The minimum Gasteiger partial charge on any atom is -0.481 e. The molecule has 24 heavy (non-hydrogen) atoms. The van der Waals surface area contributed by atoms with E-state index in [9.17, 15) is 19.1 Å². The Kier molecular flexibility index (Phi) is 4.46. The fourth-order valence-electron chi connectivity index (χ4n) is 2.77. The Morgan fingerprint density at radius 3 is 2.67 bits per heavy atom. The molecule has 2 aromatic carbocycles. The molecule has 1 unspecified atom stereocenters. The summed E-state index contributed by atoms with van der Waals surface area (Å²) in [6.45, 7) is 0.0893. The quantitative estimate of drug-likeness (QED) is 0.939. The van der Waals surface area contributed by atoms with Crippen LogP contribution in [-0.4, -0.2) is 23.7 Å². The number of anilines is 1. The molecule has 1 amide bonds. The summed E-state index contributed by atoms with van der Waals surface area (Å²) in [5.74, 6) is -2.27. The monoisotopic (exact) mass is 329 g/mol. The molecule has 0 aromatic heterocycles. The van der Waals surface area contributed by atoms with Gasteiger partial charge >= 0.3 is 12.1 Å². The normalized spacial score (nSPS) is 16.4. The maximum absolute atomic E-state index is 13.4. The van der Waals surface area contributed by atoms with E-state index < -0.39 is 23.8 Å². The molecule has 1 atom stereocenters. The van der Waals surface area contributed by atoms with Gasteiger partial charge in [-0.25, -0.2) is 9.18 Å². The van der Waals surface area contributed by atoms with Gasteiger partial charge in [0.1, 0.15) is 12.4 Å². The predicted molar refractivity (Wildman–Crippen MR) is 85.2 cm³/mol. The Balaban J connectivity index is 1.80. The molecule has 0 bridgehead atoms. The van der Waals surface area contributed by atoms with Crippen LogP contribution in [0.25, 0.3) is 0 Å². The smallest absolute Gasteiger partial charge is 0.414 e. The van der Waals surface area contributed by atoms with Crippen LogP contribution in [0.15, 0.2) is 48.5 Å². The fraction of sp³-hybridized carbons (Fsp3) is 0.222. The number of aliphatic carboxylic acids is 1. The molecule has 1 aliphatic rings. The van der Waals surface area contributed by atoms with Gasteiger partial charge in [0.05, 0.1) is 11.6 Å². The van der Waals surface area contributed by atoms with E-state index in [1.54, 1.807) is 0 Å². The van der Waals surface area contributed by atoms with Crippen molar-refractivity contribution in [2.75, 3.05) is 11.4 Å². The first-order chi connectivity index (χ1) is 11.5. The van der Waals surface area contributed by atoms with E-state index in [2.05, 4.69) is 0 Å². The number of hydrogen-bond donors (Lipinski definition) is 1. The number of nitrogens with zero attached hydrogens (tertiary/aromatic N) is 1. The molecule has 1 N–H and O–H groups in total. The van der Waals surface area contributed by atoms with Crippen molar-refractivity contribution in [2.24, 2.45) is 5.92 Å². The minimum atomic E-state index is -1.02. The molecule has 1 aliphatic heterocycles. The highest BCUT2D eigenvalue weighted by Crippen LogP contribution is 2.31. The predicted octanol–water partition coefficient (Wildman–Crippen LogP) is 3.23. The number of rotatable bonds is 3. The second-order valence-electron chi connectivity index (χ2n) is 5.66. The topological polar surface area (TPSA) is 66.8 Å².